The maximum atomic E-state index is 14.2. The summed E-state index contributed by atoms with van der Waals surface area (Å²) < 4.78 is 21.7. The third-order valence-electron chi connectivity index (χ3n) is 13.4. The maximum absolute atomic E-state index is 14.2. The summed E-state index contributed by atoms with van der Waals surface area (Å²) in [6, 6.07) is 12.6. The summed E-state index contributed by atoms with van der Waals surface area (Å²) in [6.45, 7) is 9.83. The van der Waals surface area contributed by atoms with Gasteiger partial charge >= 0.3 is 12.2 Å². The van der Waals surface area contributed by atoms with Crippen LogP contribution in [0.4, 0.5) is 9.59 Å². The monoisotopic (exact) mass is 862 g/mol. The molecule has 0 radical (unpaired) electrons. The third-order valence-corrected chi connectivity index (χ3v) is 13.4. The van der Waals surface area contributed by atoms with Crippen molar-refractivity contribution in [2.75, 3.05) is 41.0 Å². The molecule has 4 N–H and O–H groups in total. The van der Waals surface area contributed by atoms with Crippen LogP contribution in [0.1, 0.15) is 89.1 Å². The van der Waals surface area contributed by atoms with Crippen LogP contribution >= 0.6 is 0 Å². The minimum absolute atomic E-state index is 0.0703. The number of hydrogen-bond donors (Lipinski definition) is 4. The Bertz CT molecular complexity index is 2520. The zero-order chi connectivity index (χ0) is 44.5. The maximum Gasteiger partial charge on any atom is 0.407 e. The van der Waals surface area contributed by atoms with E-state index in [0.29, 0.717) is 50.8 Å². The topological polar surface area (TPSA) is 193 Å². The second-order valence-corrected chi connectivity index (χ2v) is 17.2. The molecule has 16 nitrogen and oxygen atoms in total. The van der Waals surface area contributed by atoms with Crippen molar-refractivity contribution in [1.82, 2.24) is 40.4 Å². The summed E-state index contributed by atoms with van der Waals surface area (Å²) in [6.07, 6.45) is 4.23. The summed E-state index contributed by atoms with van der Waals surface area (Å²) in [4.78, 5) is 73.1. The van der Waals surface area contributed by atoms with E-state index >= 15 is 0 Å². The van der Waals surface area contributed by atoms with Crippen molar-refractivity contribution >= 4 is 45.8 Å². The molecular weight excluding hydrogens is 805 g/mol. The number of carbonyl (C=O) groups is 4. The van der Waals surface area contributed by atoms with Gasteiger partial charge in [-0.3, -0.25) is 9.59 Å². The van der Waals surface area contributed by atoms with Gasteiger partial charge in [0.05, 0.1) is 55.8 Å². The Labute approximate surface area is 366 Å². The number of likely N-dealkylation sites (tertiary alicyclic amines) is 2. The molecule has 334 valence electrons. The molecule has 8 rings (SSSR count). The Morgan fingerprint density at radius 2 is 1.57 bits per heavy atom. The molecule has 7 atom stereocenters. The van der Waals surface area contributed by atoms with E-state index in [4.69, 9.17) is 28.9 Å². The number of amides is 4. The molecule has 0 saturated carbocycles. The molecule has 3 aliphatic rings. The molecule has 0 bridgehead atoms. The molecule has 3 aromatic carbocycles. The normalized spacial score (nSPS) is 20.1. The first kappa shape index (κ1) is 43.5. The molecule has 5 aromatic rings. The van der Waals surface area contributed by atoms with Gasteiger partial charge in [-0.15, -0.1) is 0 Å². The highest BCUT2D eigenvalue weighted by Gasteiger charge is 2.42. The first-order chi connectivity index (χ1) is 30.5. The lowest BCUT2D eigenvalue weighted by atomic mass is 9.92. The molecule has 4 amide bonds. The van der Waals surface area contributed by atoms with Gasteiger partial charge in [0.1, 0.15) is 36.1 Å². The van der Waals surface area contributed by atoms with E-state index in [1.54, 1.807) is 7.11 Å². The van der Waals surface area contributed by atoms with Crippen LogP contribution < -0.4 is 15.4 Å². The highest BCUT2D eigenvalue weighted by molar-refractivity contribution is 6.07. The first-order valence-corrected chi connectivity index (χ1v) is 22.0. The second kappa shape index (κ2) is 18.3. The molecule has 2 fully saturated rings. The van der Waals surface area contributed by atoms with Gasteiger partial charge < -0.3 is 49.3 Å². The lowest BCUT2D eigenvalue weighted by Gasteiger charge is -2.30. The average Bonchev–Trinajstić information content (AvgIpc) is 4.14. The molecule has 3 aliphatic heterocycles. The van der Waals surface area contributed by atoms with E-state index in [9.17, 15) is 19.2 Å². The zero-order valence-electron chi connectivity index (χ0n) is 37.1. The van der Waals surface area contributed by atoms with Gasteiger partial charge in [0.2, 0.25) is 11.8 Å². The lowest BCUT2D eigenvalue weighted by Crippen LogP contribution is -2.51. The highest BCUT2D eigenvalue weighted by Crippen LogP contribution is 2.44. The fourth-order valence-corrected chi connectivity index (χ4v) is 9.48. The third kappa shape index (κ3) is 8.40. The molecular formula is C47H58N8O8. The zero-order valence-corrected chi connectivity index (χ0v) is 37.1. The number of carbonyl (C=O) groups excluding carboxylic acids is 4. The number of ether oxygens (including phenoxy) is 4. The van der Waals surface area contributed by atoms with E-state index < -0.39 is 24.3 Å². The average molecular weight is 863 g/mol. The number of aromatic amines is 2. The molecule has 5 heterocycles. The van der Waals surface area contributed by atoms with Crippen molar-refractivity contribution in [3.05, 3.63) is 65.9 Å². The molecule has 0 unspecified atom stereocenters. The van der Waals surface area contributed by atoms with Crippen LogP contribution in [0.3, 0.4) is 0 Å². The van der Waals surface area contributed by atoms with Crippen molar-refractivity contribution < 1.29 is 38.1 Å². The number of nitrogens with one attached hydrogen (secondary N) is 4. The van der Waals surface area contributed by atoms with Crippen molar-refractivity contribution in [3.63, 3.8) is 0 Å². The molecule has 0 aliphatic carbocycles. The van der Waals surface area contributed by atoms with Gasteiger partial charge in [-0.2, -0.15) is 0 Å². The molecule has 0 spiro atoms. The number of alkyl carbamates (subject to hydrolysis) is 2. The summed E-state index contributed by atoms with van der Waals surface area (Å²) in [7, 11) is 4.26. The predicted octanol–water partition coefficient (Wildman–Crippen LogP) is 7.41. The number of nitrogens with zero attached hydrogens (tertiary/aromatic N) is 4. The number of imidazole rings is 2. The number of aromatic nitrogens is 4. The number of rotatable bonds is 13. The molecule has 2 saturated heterocycles. The Morgan fingerprint density at radius 3 is 2.25 bits per heavy atom. The van der Waals surface area contributed by atoms with Crippen molar-refractivity contribution in [3.8, 4) is 28.1 Å². The fourth-order valence-electron chi connectivity index (χ4n) is 9.48. The lowest BCUT2D eigenvalue weighted by molar-refractivity contribution is -0.136. The number of fused-ring (bicyclic) bond motifs is 6. The van der Waals surface area contributed by atoms with Crippen LogP contribution in [0.5, 0.6) is 5.75 Å². The Morgan fingerprint density at radius 1 is 0.857 bits per heavy atom. The molecule has 2 aromatic heterocycles. The van der Waals surface area contributed by atoms with Crippen LogP contribution in [0.2, 0.25) is 0 Å². The summed E-state index contributed by atoms with van der Waals surface area (Å²) in [5, 5.41) is 7.48. The van der Waals surface area contributed by atoms with Crippen molar-refractivity contribution in [1.29, 1.82) is 0 Å². The van der Waals surface area contributed by atoms with E-state index in [2.05, 4.69) is 57.0 Å². The number of hydrogen-bond acceptors (Lipinski definition) is 10. The van der Waals surface area contributed by atoms with Gasteiger partial charge in [0, 0.05) is 37.1 Å². The van der Waals surface area contributed by atoms with Crippen LogP contribution in [0.15, 0.2) is 48.7 Å². The van der Waals surface area contributed by atoms with Crippen LogP contribution in [0, 0.1) is 17.8 Å². The van der Waals surface area contributed by atoms with E-state index in [0.717, 1.165) is 74.8 Å². The Hall–Kier alpha value is -6.16. The Balaban J connectivity index is 1.05. The fraction of sp³-hybridized carbons (Fsp3) is 0.489. The van der Waals surface area contributed by atoms with E-state index in [1.807, 2.05) is 49.8 Å². The largest absolute Gasteiger partial charge is 0.488 e. The van der Waals surface area contributed by atoms with Gasteiger partial charge in [0.15, 0.2) is 0 Å². The number of H-pyrrole nitrogens is 2. The summed E-state index contributed by atoms with van der Waals surface area (Å²) in [5.74, 6) is 1.76. The van der Waals surface area contributed by atoms with Crippen molar-refractivity contribution in [2.45, 2.75) is 90.6 Å². The standard InChI is InChI=1S/C47H58N8O8/c1-8-25(3)39(52-46(58)61-6)44(56)54-16-10-11-36(54)42-48-21-35(50-42)29-12-14-31-30(18-29)24-63-38-20-32-28(19-33(31)38)13-15-34-41(32)51-43(49-34)37-17-27(23-60-5)22-55(37)45(57)40(26(4)9-2)53-47(59)62-7/h12-15,18-21,25-27,36-37,39-40H,8-11,16-17,22-24H2,1-7H3,(H,48,50)(H,49,51)(H,52,58)(H,53,59)/t25-,26-,27-,36-,37-,39-,40-/m0/s1. The quantitative estimate of drug-likeness (QED) is 0.0927. The number of benzene rings is 3. The molecule has 16 heteroatoms. The minimum Gasteiger partial charge on any atom is -0.488 e. The predicted molar refractivity (Wildman–Crippen MR) is 237 cm³/mol. The van der Waals surface area contributed by atoms with Gasteiger partial charge in [-0.1, -0.05) is 58.7 Å². The van der Waals surface area contributed by atoms with Gasteiger partial charge in [-0.05, 0) is 77.4 Å². The van der Waals surface area contributed by atoms with Gasteiger partial charge in [-0.25, -0.2) is 19.6 Å². The van der Waals surface area contributed by atoms with Gasteiger partial charge in [0.25, 0.3) is 0 Å². The smallest absolute Gasteiger partial charge is 0.407 e. The van der Waals surface area contributed by atoms with Crippen LogP contribution in [-0.2, 0) is 30.4 Å². The number of methoxy groups -OCH3 is 3. The highest BCUT2D eigenvalue weighted by atomic mass is 16.5. The second-order valence-electron chi connectivity index (χ2n) is 17.2. The SMILES string of the molecule is CC[C@H](C)[C@H](NC(=O)OC)C(=O)N1CCC[C@H]1c1ncc(-c2ccc3c(c2)COc2cc4c(ccc5[nH]c([C@@H]6C[C@H](COC)CN6C(=O)[C@@H](NC(=O)OC)[C@@H](C)CC)nc54)cc2-3)[nH]1. The van der Waals surface area contributed by atoms with E-state index in [1.165, 1.54) is 14.2 Å². The summed E-state index contributed by atoms with van der Waals surface area (Å²) >= 11 is 0. The summed E-state index contributed by atoms with van der Waals surface area (Å²) in [5.41, 5.74) is 6.53. The first-order valence-electron chi connectivity index (χ1n) is 22.0. The minimum atomic E-state index is -0.747. The van der Waals surface area contributed by atoms with Crippen molar-refractivity contribution in [2.24, 2.45) is 17.8 Å². The molecule has 63 heavy (non-hydrogen) atoms. The van der Waals surface area contributed by atoms with Crippen LogP contribution in [-0.4, -0.2) is 107 Å². The van der Waals surface area contributed by atoms with E-state index in [-0.39, 0.29) is 41.7 Å². The van der Waals surface area contributed by atoms with Crippen LogP contribution in [0.25, 0.3) is 44.2 Å². The Kier molecular flexibility index (Phi) is 12.6.